The first-order valence-electron chi connectivity index (χ1n) is 7.80. The Kier molecular flexibility index (Phi) is 5.11. The van der Waals surface area contributed by atoms with Gasteiger partial charge in [-0.2, -0.15) is 0 Å². The number of hydrogen-bond donors (Lipinski definition) is 1. The summed E-state index contributed by atoms with van der Waals surface area (Å²) in [4.78, 5) is 0. The van der Waals surface area contributed by atoms with Crippen LogP contribution in [0.4, 0.5) is 0 Å². The Morgan fingerprint density at radius 2 is 1.96 bits per heavy atom. The first-order chi connectivity index (χ1) is 11.6. The zero-order valence-electron chi connectivity index (χ0n) is 13.6. The highest BCUT2D eigenvalue weighted by atomic mass is 79.9. The summed E-state index contributed by atoms with van der Waals surface area (Å²) in [5.74, 6) is 2.70. The molecule has 0 saturated carbocycles. The molecule has 2 aromatic carbocycles. The fourth-order valence-corrected chi connectivity index (χ4v) is 2.96. The molecule has 0 bridgehead atoms. The molecular weight excluding hydrogens is 372 g/mol. The van der Waals surface area contributed by atoms with Crippen molar-refractivity contribution < 1.29 is 19.3 Å². The van der Waals surface area contributed by atoms with Gasteiger partial charge in [0.05, 0.1) is 18.2 Å². The van der Waals surface area contributed by atoms with Crippen molar-refractivity contribution in [3.63, 3.8) is 0 Å². The smallest absolute Gasteiger partial charge is 0.137 e. The normalized spacial score (nSPS) is 16.0. The zero-order valence-corrected chi connectivity index (χ0v) is 15.2. The van der Waals surface area contributed by atoms with Crippen molar-refractivity contribution in [1.82, 2.24) is 0 Å². The third-order valence-electron chi connectivity index (χ3n) is 3.75. The molecule has 1 aliphatic heterocycles. The minimum absolute atomic E-state index is 0.602. The molecule has 0 radical (unpaired) electrons. The molecule has 1 atom stereocenters. The van der Waals surface area contributed by atoms with Crippen molar-refractivity contribution in [2.45, 2.75) is 19.4 Å². The first kappa shape index (κ1) is 16.9. The van der Waals surface area contributed by atoms with Crippen molar-refractivity contribution in [3.05, 3.63) is 58.1 Å². The third kappa shape index (κ3) is 3.42. The molecule has 0 amide bonds. The monoisotopic (exact) mass is 390 g/mol. The van der Waals surface area contributed by atoms with Gasteiger partial charge in [-0.3, -0.25) is 0 Å². The standard InChI is InChI=1S/C19H19BrO4/c1-3-8-23-19-11-18-14(9-15(19)20)16(21)10-17(24-18)12-4-6-13(22-2)7-5-12/h4-7,9-11,16,21H,3,8H2,1-2H3. The maximum Gasteiger partial charge on any atom is 0.137 e. The summed E-state index contributed by atoms with van der Waals surface area (Å²) in [7, 11) is 1.63. The molecule has 4 nitrogen and oxygen atoms in total. The lowest BCUT2D eigenvalue weighted by molar-refractivity contribution is 0.216. The fraction of sp³-hybridized carbons (Fsp3) is 0.263. The summed E-state index contributed by atoms with van der Waals surface area (Å²) in [6, 6.07) is 11.2. The van der Waals surface area contributed by atoms with E-state index in [0.717, 1.165) is 22.2 Å². The maximum atomic E-state index is 10.4. The predicted molar refractivity (Wildman–Crippen MR) is 96.5 cm³/mol. The molecule has 0 aliphatic carbocycles. The van der Waals surface area contributed by atoms with E-state index in [1.54, 1.807) is 13.2 Å². The lowest BCUT2D eigenvalue weighted by atomic mass is 10.0. The van der Waals surface area contributed by atoms with Crippen molar-refractivity contribution in [2.75, 3.05) is 13.7 Å². The van der Waals surface area contributed by atoms with Crippen molar-refractivity contribution >= 4 is 21.7 Å². The second kappa shape index (κ2) is 7.28. The molecule has 1 unspecified atom stereocenters. The number of halogens is 1. The van der Waals surface area contributed by atoms with E-state index in [0.29, 0.717) is 29.4 Å². The molecule has 0 aromatic heterocycles. The number of aliphatic hydroxyl groups is 1. The van der Waals surface area contributed by atoms with Gasteiger partial charge in [0.15, 0.2) is 0 Å². The molecule has 24 heavy (non-hydrogen) atoms. The van der Waals surface area contributed by atoms with Crippen molar-refractivity contribution in [2.24, 2.45) is 0 Å². The Morgan fingerprint density at radius 1 is 1.21 bits per heavy atom. The van der Waals surface area contributed by atoms with Gasteiger partial charge >= 0.3 is 0 Å². The largest absolute Gasteiger partial charge is 0.497 e. The summed E-state index contributed by atoms with van der Waals surface area (Å²) in [6.45, 7) is 2.68. The van der Waals surface area contributed by atoms with Crippen LogP contribution in [0.5, 0.6) is 17.2 Å². The van der Waals surface area contributed by atoms with Gasteiger partial charge in [-0.05, 0) is 58.8 Å². The number of fused-ring (bicyclic) bond motifs is 1. The average Bonchev–Trinajstić information content (AvgIpc) is 2.60. The van der Waals surface area contributed by atoms with E-state index < -0.39 is 6.10 Å². The summed E-state index contributed by atoms with van der Waals surface area (Å²) in [6.07, 6.45) is 1.88. The first-order valence-corrected chi connectivity index (χ1v) is 8.60. The van der Waals surface area contributed by atoms with Crippen LogP contribution in [0, 0.1) is 0 Å². The quantitative estimate of drug-likeness (QED) is 0.802. The van der Waals surface area contributed by atoms with Crippen LogP contribution in [0.25, 0.3) is 5.76 Å². The SMILES string of the molecule is CCCOc1cc2c(cc1Br)C(O)C=C(c1ccc(OC)cc1)O2. The van der Waals surface area contributed by atoms with E-state index in [2.05, 4.69) is 22.9 Å². The molecule has 0 spiro atoms. The fourth-order valence-electron chi connectivity index (χ4n) is 2.49. The molecule has 1 aliphatic rings. The molecule has 1 N–H and O–H groups in total. The zero-order chi connectivity index (χ0) is 17.1. The van der Waals surface area contributed by atoms with Crippen LogP contribution in [0.2, 0.25) is 0 Å². The molecule has 0 fully saturated rings. The minimum atomic E-state index is -0.734. The molecule has 1 heterocycles. The molecule has 2 aromatic rings. The van der Waals surface area contributed by atoms with Gasteiger partial charge in [-0.25, -0.2) is 0 Å². The molecule has 5 heteroatoms. The molecular formula is C19H19BrO4. The van der Waals surface area contributed by atoms with Gasteiger partial charge in [0.2, 0.25) is 0 Å². The summed E-state index contributed by atoms with van der Waals surface area (Å²) in [5, 5.41) is 10.4. The van der Waals surface area contributed by atoms with Crippen LogP contribution in [0.15, 0.2) is 46.9 Å². The van der Waals surface area contributed by atoms with E-state index in [-0.39, 0.29) is 0 Å². The number of rotatable bonds is 5. The Bertz CT molecular complexity index is 753. The average molecular weight is 391 g/mol. The minimum Gasteiger partial charge on any atom is -0.497 e. The van der Waals surface area contributed by atoms with Crippen LogP contribution in [-0.2, 0) is 0 Å². The van der Waals surface area contributed by atoms with Crippen molar-refractivity contribution in [3.8, 4) is 17.2 Å². The highest BCUT2D eigenvalue weighted by Crippen LogP contribution is 2.42. The Hall–Kier alpha value is -1.98. The topological polar surface area (TPSA) is 47.9 Å². The highest BCUT2D eigenvalue weighted by Gasteiger charge is 2.23. The van der Waals surface area contributed by atoms with Gasteiger partial charge in [-0.15, -0.1) is 0 Å². The lowest BCUT2D eigenvalue weighted by Gasteiger charge is -2.23. The van der Waals surface area contributed by atoms with Gasteiger partial charge in [0.1, 0.15) is 29.1 Å². The van der Waals surface area contributed by atoms with Gasteiger partial charge < -0.3 is 19.3 Å². The van der Waals surface area contributed by atoms with Crippen LogP contribution in [0.3, 0.4) is 0 Å². The third-order valence-corrected chi connectivity index (χ3v) is 4.37. The van der Waals surface area contributed by atoms with Gasteiger partial charge in [0, 0.05) is 17.2 Å². The van der Waals surface area contributed by atoms with Gasteiger partial charge in [-0.1, -0.05) is 6.92 Å². The van der Waals surface area contributed by atoms with Crippen LogP contribution >= 0.6 is 15.9 Å². The van der Waals surface area contributed by atoms with Crippen LogP contribution in [0.1, 0.15) is 30.6 Å². The lowest BCUT2D eigenvalue weighted by Crippen LogP contribution is -2.09. The second-order valence-corrected chi connectivity index (χ2v) is 6.33. The number of aliphatic hydroxyl groups excluding tert-OH is 1. The maximum absolute atomic E-state index is 10.4. The van der Waals surface area contributed by atoms with Gasteiger partial charge in [0.25, 0.3) is 0 Å². The number of benzene rings is 2. The Morgan fingerprint density at radius 3 is 2.62 bits per heavy atom. The molecule has 126 valence electrons. The second-order valence-electron chi connectivity index (χ2n) is 5.48. The molecule has 0 saturated heterocycles. The van der Waals surface area contributed by atoms with Crippen LogP contribution < -0.4 is 14.2 Å². The van der Waals surface area contributed by atoms with Crippen molar-refractivity contribution in [1.29, 1.82) is 0 Å². The Balaban J connectivity index is 1.91. The van der Waals surface area contributed by atoms with E-state index >= 15 is 0 Å². The number of methoxy groups -OCH3 is 1. The number of hydrogen-bond acceptors (Lipinski definition) is 4. The highest BCUT2D eigenvalue weighted by molar-refractivity contribution is 9.10. The van der Waals surface area contributed by atoms with E-state index in [4.69, 9.17) is 14.2 Å². The van der Waals surface area contributed by atoms with E-state index in [1.165, 1.54) is 0 Å². The predicted octanol–water partition coefficient (Wildman–Crippen LogP) is 4.71. The summed E-state index contributed by atoms with van der Waals surface area (Å²) < 4.78 is 17.7. The Labute approximate surface area is 149 Å². The summed E-state index contributed by atoms with van der Waals surface area (Å²) in [5.41, 5.74) is 1.59. The van der Waals surface area contributed by atoms with E-state index in [9.17, 15) is 5.11 Å². The number of ether oxygens (including phenoxy) is 3. The molecule has 3 rings (SSSR count). The van der Waals surface area contributed by atoms with Crippen LogP contribution in [-0.4, -0.2) is 18.8 Å². The van der Waals surface area contributed by atoms with E-state index in [1.807, 2.05) is 36.4 Å². The summed E-state index contributed by atoms with van der Waals surface area (Å²) >= 11 is 3.48.